The summed E-state index contributed by atoms with van der Waals surface area (Å²) in [5.41, 5.74) is 11.7. The van der Waals surface area contributed by atoms with Crippen molar-refractivity contribution in [2.45, 2.75) is 0 Å². The van der Waals surface area contributed by atoms with Gasteiger partial charge in [-0.1, -0.05) is 140 Å². The second-order valence-electron chi connectivity index (χ2n) is 14.4. The van der Waals surface area contributed by atoms with Crippen LogP contribution in [0, 0.1) is 11.3 Å². The molecule has 3 heterocycles. The van der Waals surface area contributed by atoms with Gasteiger partial charge in [0.15, 0.2) is 17.5 Å². The van der Waals surface area contributed by atoms with Crippen LogP contribution in [0.4, 0.5) is 0 Å². The summed E-state index contributed by atoms with van der Waals surface area (Å²) >= 11 is 0. The van der Waals surface area contributed by atoms with Gasteiger partial charge >= 0.3 is 0 Å². The van der Waals surface area contributed by atoms with Crippen molar-refractivity contribution in [3.8, 4) is 62.7 Å². The second kappa shape index (κ2) is 13.6. The highest BCUT2D eigenvalue weighted by molar-refractivity contribution is 6.14. The Morgan fingerprint density at radius 1 is 0.379 bits per heavy atom. The maximum absolute atomic E-state index is 9.90. The van der Waals surface area contributed by atoms with Gasteiger partial charge in [-0.05, 0) is 60.2 Å². The van der Waals surface area contributed by atoms with E-state index in [0.717, 1.165) is 72.0 Å². The number of nitriles is 1. The van der Waals surface area contributed by atoms with E-state index in [2.05, 4.69) is 124 Å². The van der Waals surface area contributed by atoms with Crippen molar-refractivity contribution >= 4 is 43.6 Å². The first-order chi connectivity index (χ1) is 28.7. The van der Waals surface area contributed by atoms with Gasteiger partial charge in [0.1, 0.15) is 0 Å². The molecule has 270 valence electrons. The van der Waals surface area contributed by atoms with Crippen LogP contribution in [0.5, 0.6) is 0 Å². The van der Waals surface area contributed by atoms with Crippen molar-refractivity contribution in [3.63, 3.8) is 0 Å². The van der Waals surface area contributed by atoms with Gasteiger partial charge in [0, 0.05) is 49.5 Å². The molecule has 11 aromatic rings. The first-order valence-corrected chi connectivity index (χ1v) is 19.3. The summed E-state index contributed by atoms with van der Waals surface area (Å²) in [6.45, 7) is 0. The molecule has 58 heavy (non-hydrogen) atoms. The number of fused-ring (bicyclic) bond motifs is 6. The monoisotopic (exact) mass is 740 g/mol. The maximum Gasteiger partial charge on any atom is 0.166 e. The van der Waals surface area contributed by atoms with E-state index in [9.17, 15) is 5.26 Å². The van der Waals surface area contributed by atoms with Crippen LogP contribution < -0.4 is 0 Å². The van der Waals surface area contributed by atoms with E-state index in [0.29, 0.717) is 23.0 Å². The Hall–Kier alpha value is -8.14. The molecule has 6 heteroatoms. The SMILES string of the molecule is N#Cc1ccc2c(c1)c1ccccc1n2-c1ccc(-c2cccc3c4ccccc4n(-c4ccccc4)c23)cc1-c1nc(-c2ccccc2)nc(-c2ccccc2)n1. The molecule has 0 saturated heterocycles. The van der Waals surface area contributed by atoms with Gasteiger partial charge in [0.25, 0.3) is 0 Å². The van der Waals surface area contributed by atoms with Crippen LogP contribution in [0.3, 0.4) is 0 Å². The molecule has 8 aromatic carbocycles. The largest absolute Gasteiger partial charge is 0.309 e. The first kappa shape index (κ1) is 33.2. The fourth-order valence-electron chi connectivity index (χ4n) is 8.41. The van der Waals surface area contributed by atoms with Gasteiger partial charge in [0.05, 0.1) is 39.4 Å². The molecule has 0 aliphatic rings. The standard InChI is InChI=1S/C52H32N6/c53-33-34-27-29-47-43(31-34)41-22-11-13-26-46(41)58(47)48-30-28-37(39-23-14-24-42-40-21-10-12-25-45(40)57(49(39)42)38-19-8-3-9-20-38)32-44(48)52-55-50(35-15-4-1-5-16-35)54-51(56-52)36-17-6-2-7-18-36/h1-32H. The number of rotatable bonds is 6. The topological polar surface area (TPSA) is 72.3 Å². The summed E-state index contributed by atoms with van der Waals surface area (Å²) in [5, 5.41) is 14.3. The zero-order valence-electron chi connectivity index (χ0n) is 31.2. The zero-order valence-corrected chi connectivity index (χ0v) is 31.2. The molecule has 11 rings (SSSR count). The number of para-hydroxylation sites is 4. The zero-order chi connectivity index (χ0) is 38.6. The third-order valence-corrected chi connectivity index (χ3v) is 11.0. The molecule has 0 aliphatic carbocycles. The number of hydrogen-bond donors (Lipinski definition) is 0. The number of nitrogens with zero attached hydrogens (tertiary/aromatic N) is 6. The lowest BCUT2D eigenvalue weighted by atomic mass is 9.98. The van der Waals surface area contributed by atoms with Crippen molar-refractivity contribution in [3.05, 3.63) is 200 Å². The maximum atomic E-state index is 9.90. The van der Waals surface area contributed by atoms with E-state index < -0.39 is 0 Å². The second-order valence-corrected chi connectivity index (χ2v) is 14.4. The fourth-order valence-corrected chi connectivity index (χ4v) is 8.41. The van der Waals surface area contributed by atoms with Crippen molar-refractivity contribution < 1.29 is 0 Å². The number of aromatic nitrogens is 5. The summed E-state index contributed by atoms with van der Waals surface area (Å²) in [6.07, 6.45) is 0. The summed E-state index contributed by atoms with van der Waals surface area (Å²) in [6, 6.07) is 69.2. The molecule has 0 bridgehead atoms. The number of hydrogen-bond acceptors (Lipinski definition) is 4. The first-order valence-electron chi connectivity index (χ1n) is 19.3. The molecule has 0 atom stereocenters. The summed E-state index contributed by atoms with van der Waals surface area (Å²) < 4.78 is 4.65. The van der Waals surface area contributed by atoms with Crippen molar-refractivity contribution in [2.24, 2.45) is 0 Å². The molecule has 0 saturated carbocycles. The highest BCUT2D eigenvalue weighted by Crippen LogP contribution is 2.42. The molecule has 3 aromatic heterocycles. The molecule has 0 amide bonds. The van der Waals surface area contributed by atoms with Gasteiger partial charge in [0.2, 0.25) is 0 Å². The number of benzene rings is 8. The molecule has 0 N–H and O–H groups in total. The van der Waals surface area contributed by atoms with E-state index in [1.54, 1.807) is 0 Å². The highest BCUT2D eigenvalue weighted by atomic mass is 15.1. The lowest BCUT2D eigenvalue weighted by Gasteiger charge is -2.17. The Labute approximate surface area is 334 Å². The normalized spacial score (nSPS) is 11.4. The Bertz CT molecular complexity index is 3340. The predicted octanol–water partition coefficient (Wildman–Crippen LogP) is 12.6. The van der Waals surface area contributed by atoms with Crippen LogP contribution in [-0.4, -0.2) is 24.1 Å². The van der Waals surface area contributed by atoms with E-state index in [1.807, 2.05) is 84.9 Å². The summed E-state index contributed by atoms with van der Waals surface area (Å²) in [7, 11) is 0. The van der Waals surface area contributed by atoms with Gasteiger partial charge in [-0.3, -0.25) is 0 Å². The minimum Gasteiger partial charge on any atom is -0.309 e. The predicted molar refractivity (Wildman–Crippen MR) is 235 cm³/mol. The van der Waals surface area contributed by atoms with Crippen molar-refractivity contribution in [2.75, 3.05) is 0 Å². The summed E-state index contributed by atoms with van der Waals surface area (Å²) in [4.78, 5) is 15.6. The Kier molecular flexibility index (Phi) is 7.76. The smallest absolute Gasteiger partial charge is 0.166 e. The van der Waals surface area contributed by atoms with Gasteiger partial charge in [-0.25, -0.2) is 15.0 Å². The molecule has 0 fully saturated rings. The van der Waals surface area contributed by atoms with Crippen LogP contribution in [-0.2, 0) is 0 Å². The van der Waals surface area contributed by atoms with Crippen LogP contribution in [0.2, 0.25) is 0 Å². The van der Waals surface area contributed by atoms with Crippen LogP contribution in [0.1, 0.15) is 5.56 Å². The molecular weight excluding hydrogens is 709 g/mol. The van der Waals surface area contributed by atoms with Gasteiger partial charge in [-0.2, -0.15) is 5.26 Å². The van der Waals surface area contributed by atoms with Crippen molar-refractivity contribution in [1.29, 1.82) is 5.26 Å². The van der Waals surface area contributed by atoms with Crippen LogP contribution >= 0.6 is 0 Å². The summed E-state index contributed by atoms with van der Waals surface area (Å²) in [5.74, 6) is 1.74. The molecule has 0 radical (unpaired) electrons. The fraction of sp³-hybridized carbons (Fsp3) is 0. The lowest BCUT2D eigenvalue weighted by molar-refractivity contribution is 1.06. The van der Waals surface area contributed by atoms with Gasteiger partial charge < -0.3 is 9.13 Å². The van der Waals surface area contributed by atoms with E-state index in [1.165, 1.54) is 10.8 Å². The Balaban J connectivity index is 1.25. The molecule has 0 unspecified atom stereocenters. The average molecular weight is 741 g/mol. The Morgan fingerprint density at radius 2 is 0.931 bits per heavy atom. The molecular formula is C52H32N6. The molecule has 6 nitrogen and oxygen atoms in total. The van der Waals surface area contributed by atoms with E-state index >= 15 is 0 Å². The van der Waals surface area contributed by atoms with E-state index in [4.69, 9.17) is 15.0 Å². The van der Waals surface area contributed by atoms with Crippen LogP contribution in [0.25, 0.3) is 100 Å². The minimum absolute atomic E-state index is 0.555. The van der Waals surface area contributed by atoms with Crippen molar-refractivity contribution in [1.82, 2.24) is 24.1 Å². The molecule has 0 spiro atoms. The van der Waals surface area contributed by atoms with Gasteiger partial charge in [-0.15, -0.1) is 0 Å². The van der Waals surface area contributed by atoms with E-state index in [-0.39, 0.29) is 0 Å². The molecule has 0 aliphatic heterocycles. The minimum atomic E-state index is 0.555. The van der Waals surface area contributed by atoms with Crippen LogP contribution in [0.15, 0.2) is 194 Å². The Morgan fingerprint density at radius 3 is 1.60 bits per heavy atom. The third-order valence-electron chi connectivity index (χ3n) is 11.0. The lowest BCUT2D eigenvalue weighted by Crippen LogP contribution is -2.04. The highest BCUT2D eigenvalue weighted by Gasteiger charge is 2.22. The quantitative estimate of drug-likeness (QED) is 0.170. The third kappa shape index (κ3) is 5.37. The average Bonchev–Trinajstić information content (AvgIpc) is 3.82.